The van der Waals surface area contributed by atoms with Crippen molar-refractivity contribution in [2.45, 2.75) is 57.7 Å². The lowest BCUT2D eigenvalue weighted by atomic mass is 9.77. The van der Waals surface area contributed by atoms with E-state index in [1.54, 1.807) is 4.90 Å². The van der Waals surface area contributed by atoms with Crippen molar-refractivity contribution in [2.75, 3.05) is 39.3 Å². The molecule has 2 aliphatic rings. The number of nitrogens with one attached hydrogen (secondary N) is 2. The van der Waals surface area contributed by atoms with Crippen molar-refractivity contribution in [3.05, 3.63) is 0 Å². The number of nitrogens with zero attached hydrogens (tertiary/aromatic N) is 2. The topological polar surface area (TPSA) is 90.7 Å². The molecule has 2 amide bonds. The summed E-state index contributed by atoms with van der Waals surface area (Å²) >= 11 is 0. The van der Waals surface area contributed by atoms with Gasteiger partial charge in [-0.2, -0.15) is 0 Å². The first-order valence-electron chi connectivity index (χ1n) is 8.95. The van der Waals surface area contributed by atoms with E-state index < -0.39 is 22.9 Å². The second kappa shape index (κ2) is 7.37. The highest BCUT2D eigenvalue weighted by molar-refractivity contribution is 6.35. The van der Waals surface area contributed by atoms with Gasteiger partial charge in [0.15, 0.2) is 0 Å². The number of carbonyl (C=O) groups is 2. The van der Waals surface area contributed by atoms with Crippen molar-refractivity contribution >= 4 is 11.8 Å². The zero-order chi connectivity index (χ0) is 18.0. The van der Waals surface area contributed by atoms with Gasteiger partial charge in [-0.15, -0.1) is 0 Å². The number of nitrogens with two attached hydrogens (primary N) is 1. The molecule has 0 aromatic heterocycles. The van der Waals surface area contributed by atoms with E-state index in [1.165, 1.54) is 0 Å². The van der Waals surface area contributed by atoms with Gasteiger partial charge in [-0.1, -0.05) is 0 Å². The summed E-state index contributed by atoms with van der Waals surface area (Å²) in [7, 11) is 0. The minimum atomic E-state index is -0.512. The average molecular weight is 339 g/mol. The summed E-state index contributed by atoms with van der Waals surface area (Å²) < 4.78 is 0. The van der Waals surface area contributed by atoms with Crippen LogP contribution < -0.4 is 16.4 Å². The summed E-state index contributed by atoms with van der Waals surface area (Å²) in [5.74, 6) is -0.959. The van der Waals surface area contributed by atoms with Crippen molar-refractivity contribution in [2.24, 2.45) is 5.73 Å². The van der Waals surface area contributed by atoms with Crippen LogP contribution in [0.1, 0.15) is 40.5 Å². The van der Waals surface area contributed by atoms with Gasteiger partial charge in [-0.3, -0.25) is 14.5 Å². The third-order valence-electron chi connectivity index (χ3n) is 5.05. The van der Waals surface area contributed by atoms with Gasteiger partial charge >= 0.3 is 11.8 Å². The van der Waals surface area contributed by atoms with Gasteiger partial charge in [0, 0.05) is 56.4 Å². The third kappa shape index (κ3) is 4.46. The van der Waals surface area contributed by atoms with E-state index in [4.69, 9.17) is 5.73 Å². The molecule has 2 saturated heterocycles. The van der Waals surface area contributed by atoms with Gasteiger partial charge in [0.05, 0.1) is 0 Å². The molecule has 2 aliphatic heterocycles. The molecular weight excluding hydrogens is 306 g/mol. The first kappa shape index (κ1) is 19.1. The zero-order valence-corrected chi connectivity index (χ0v) is 15.5. The van der Waals surface area contributed by atoms with Crippen molar-refractivity contribution in [3.8, 4) is 0 Å². The van der Waals surface area contributed by atoms with E-state index in [2.05, 4.69) is 15.5 Å². The van der Waals surface area contributed by atoms with E-state index in [-0.39, 0.29) is 6.04 Å². The summed E-state index contributed by atoms with van der Waals surface area (Å²) in [5, 5.41) is 6.09. The lowest BCUT2D eigenvalue weighted by Gasteiger charge is -2.54. The molecule has 0 aliphatic carbocycles. The van der Waals surface area contributed by atoms with Crippen molar-refractivity contribution in [1.29, 1.82) is 0 Å². The molecule has 24 heavy (non-hydrogen) atoms. The second-order valence-corrected chi connectivity index (χ2v) is 8.28. The Morgan fingerprint density at radius 1 is 1.12 bits per heavy atom. The van der Waals surface area contributed by atoms with Gasteiger partial charge < -0.3 is 21.3 Å². The number of piperidine rings is 1. The van der Waals surface area contributed by atoms with Gasteiger partial charge in [-0.05, 0) is 40.5 Å². The first-order chi connectivity index (χ1) is 11.1. The number of carbonyl (C=O) groups excluding carboxylic acids is 2. The monoisotopic (exact) mass is 339 g/mol. The molecule has 2 fully saturated rings. The highest BCUT2D eigenvalue weighted by Gasteiger charge is 2.48. The molecule has 0 atom stereocenters. The summed E-state index contributed by atoms with van der Waals surface area (Å²) in [6.45, 7) is 13.1. The molecule has 138 valence electrons. The highest BCUT2D eigenvalue weighted by atomic mass is 16.2. The Balaban J connectivity index is 1.92. The number of piperazine rings is 1. The molecule has 7 nitrogen and oxygen atoms in total. The van der Waals surface area contributed by atoms with E-state index in [1.807, 2.05) is 27.7 Å². The highest BCUT2D eigenvalue weighted by Crippen LogP contribution is 2.37. The largest absolute Gasteiger partial charge is 0.347 e. The Hall–Kier alpha value is -1.18. The Bertz CT molecular complexity index is 454. The predicted octanol–water partition coefficient (Wildman–Crippen LogP) is -0.485. The molecule has 0 aromatic carbocycles. The molecule has 4 N–H and O–H groups in total. The summed E-state index contributed by atoms with van der Waals surface area (Å²) in [4.78, 5) is 29.2. The van der Waals surface area contributed by atoms with Crippen LogP contribution in [0.3, 0.4) is 0 Å². The second-order valence-electron chi connectivity index (χ2n) is 8.28. The molecule has 0 saturated carbocycles. The molecule has 2 heterocycles. The van der Waals surface area contributed by atoms with E-state index >= 15 is 0 Å². The van der Waals surface area contributed by atoms with Gasteiger partial charge in [0.2, 0.25) is 0 Å². The summed E-state index contributed by atoms with van der Waals surface area (Å²) in [5.41, 5.74) is 5.29. The van der Waals surface area contributed by atoms with Gasteiger partial charge in [0.25, 0.3) is 0 Å². The van der Waals surface area contributed by atoms with Crippen molar-refractivity contribution < 1.29 is 9.59 Å². The average Bonchev–Trinajstić information content (AvgIpc) is 2.45. The number of hydrogen-bond acceptors (Lipinski definition) is 5. The number of hydrogen-bond donors (Lipinski definition) is 3. The Morgan fingerprint density at radius 3 is 2.21 bits per heavy atom. The first-order valence-corrected chi connectivity index (χ1v) is 8.95. The molecule has 7 heteroatoms. The maximum atomic E-state index is 12.8. The maximum absolute atomic E-state index is 12.8. The quantitative estimate of drug-likeness (QED) is 0.604. The van der Waals surface area contributed by atoms with Gasteiger partial charge in [0.1, 0.15) is 0 Å². The lowest BCUT2D eigenvalue weighted by Crippen LogP contribution is -2.67. The minimum absolute atomic E-state index is 0.0508. The van der Waals surface area contributed by atoms with Crippen LogP contribution in [-0.4, -0.2) is 78.0 Å². The predicted molar refractivity (Wildman–Crippen MR) is 94.5 cm³/mol. The van der Waals surface area contributed by atoms with Crippen LogP contribution in [0.25, 0.3) is 0 Å². The van der Waals surface area contributed by atoms with Crippen LogP contribution in [0.5, 0.6) is 0 Å². The third-order valence-corrected chi connectivity index (χ3v) is 5.05. The Kier molecular flexibility index (Phi) is 5.88. The van der Waals surface area contributed by atoms with Crippen molar-refractivity contribution in [1.82, 2.24) is 20.4 Å². The molecular formula is C17H33N5O2. The Labute approximate surface area is 145 Å². The lowest BCUT2D eigenvalue weighted by molar-refractivity contribution is -0.159. The fraction of sp³-hybridized carbons (Fsp3) is 0.882. The fourth-order valence-electron chi connectivity index (χ4n) is 4.35. The minimum Gasteiger partial charge on any atom is -0.347 e. The summed E-state index contributed by atoms with van der Waals surface area (Å²) in [6.07, 6.45) is 1.41. The number of amides is 2. The fourth-order valence-corrected chi connectivity index (χ4v) is 4.35. The maximum Gasteiger partial charge on any atom is 0.312 e. The normalized spacial score (nSPS) is 24.6. The SMILES string of the molecule is CC1(C)CC(N)CC(C)(C)N1C(=O)C(=O)NCCN1CCNCC1. The smallest absolute Gasteiger partial charge is 0.312 e. The number of likely N-dealkylation sites (tertiary alicyclic amines) is 1. The summed E-state index contributed by atoms with van der Waals surface area (Å²) in [6, 6.07) is 0.0508. The van der Waals surface area contributed by atoms with Crippen LogP contribution in [-0.2, 0) is 9.59 Å². The molecule has 0 spiro atoms. The molecule has 0 unspecified atom stereocenters. The van der Waals surface area contributed by atoms with Crippen LogP contribution in [0.4, 0.5) is 0 Å². The Morgan fingerprint density at radius 2 is 1.67 bits per heavy atom. The standard InChI is InChI=1S/C17H33N5O2/c1-16(2)11-13(18)12-17(3,4)22(16)15(24)14(23)20-7-10-21-8-5-19-6-9-21/h13,19H,5-12,18H2,1-4H3,(H,20,23). The van der Waals surface area contributed by atoms with Gasteiger partial charge in [-0.25, -0.2) is 0 Å². The van der Waals surface area contributed by atoms with E-state index in [0.29, 0.717) is 19.4 Å². The zero-order valence-electron chi connectivity index (χ0n) is 15.5. The molecule has 0 radical (unpaired) electrons. The molecule has 0 bridgehead atoms. The molecule has 0 aromatic rings. The van der Waals surface area contributed by atoms with E-state index in [9.17, 15) is 9.59 Å². The van der Waals surface area contributed by atoms with Crippen LogP contribution in [0.2, 0.25) is 0 Å². The van der Waals surface area contributed by atoms with Crippen LogP contribution >= 0.6 is 0 Å². The van der Waals surface area contributed by atoms with Crippen LogP contribution in [0, 0.1) is 0 Å². The molecule has 2 rings (SSSR count). The van der Waals surface area contributed by atoms with Crippen LogP contribution in [0.15, 0.2) is 0 Å². The van der Waals surface area contributed by atoms with Crippen molar-refractivity contribution in [3.63, 3.8) is 0 Å². The number of rotatable bonds is 3. The van der Waals surface area contributed by atoms with E-state index in [0.717, 1.165) is 32.7 Å².